The molecule has 0 atom stereocenters. The summed E-state index contributed by atoms with van der Waals surface area (Å²) in [5.41, 5.74) is -0.0872. The zero-order valence-corrected chi connectivity index (χ0v) is 8.42. The second-order valence-corrected chi connectivity index (χ2v) is 4.29. The van der Waals surface area contributed by atoms with Gasteiger partial charge in [0.2, 0.25) is 0 Å². The summed E-state index contributed by atoms with van der Waals surface area (Å²) in [5.74, 6) is -0.709. The molecular formula is C9H19NO2. The van der Waals surface area contributed by atoms with Crippen LogP contribution in [0.15, 0.2) is 0 Å². The first-order valence-electron chi connectivity index (χ1n) is 4.20. The monoisotopic (exact) mass is 173 g/mol. The Labute approximate surface area is 74.4 Å². The SMILES string of the molecule is CN(C)CCC(C)(C)CC(=O)O. The van der Waals surface area contributed by atoms with Crippen molar-refractivity contribution in [3.63, 3.8) is 0 Å². The molecule has 0 amide bonds. The van der Waals surface area contributed by atoms with E-state index in [2.05, 4.69) is 4.90 Å². The number of carboxylic acids is 1. The minimum absolute atomic E-state index is 0.0872. The lowest BCUT2D eigenvalue weighted by molar-refractivity contribution is -0.139. The smallest absolute Gasteiger partial charge is 0.303 e. The molecule has 72 valence electrons. The molecule has 0 aromatic carbocycles. The van der Waals surface area contributed by atoms with Crippen LogP contribution in [0.2, 0.25) is 0 Å². The fourth-order valence-electron chi connectivity index (χ4n) is 1.02. The molecule has 0 aliphatic carbocycles. The lowest BCUT2D eigenvalue weighted by Gasteiger charge is -2.24. The van der Waals surface area contributed by atoms with Crippen LogP contribution in [0.3, 0.4) is 0 Å². The number of aliphatic carboxylic acids is 1. The van der Waals surface area contributed by atoms with Gasteiger partial charge in [-0.15, -0.1) is 0 Å². The fraction of sp³-hybridized carbons (Fsp3) is 0.889. The third kappa shape index (κ3) is 6.16. The molecule has 0 unspecified atom stereocenters. The van der Waals surface area contributed by atoms with Gasteiger partial charge in [0.1, 0.15) is 0 Å². The van der Waals surface area contributed by atoms with E-state index in [1.807, 2.05) is 27.9 Å². The molecule has 0 bridgehead atoms. The van der Waals surface area contributed by atoms with E-state index in [0.29, 0.717) is 0 Å². The third-order valence-electron chi connectivity index (χ3n) is 1.87. The molecule has 0 fully saturated rings. The van der Waals surface area contributed by atoms with Crippen LogP contribution in [0.4, 0.5) is 0 Å². The summed E-state index contributed by atoms with van der Waals surface area (Å²) in [6, 6.07) is 0. The standard InChI is InChI=1S/C9H19NO2/c1-9(2,7-8(11)12)5-6-10(3)4/h5-7H2,1-4H3,(H,11,12). The van der Waals surface area contributed by atoms with E-state index < -0.39 is 5.97 Å². The van der Waals surface area contributed by atoms with Gasteiger partial charge in [-0.3, -0.25) is 4.79 Å². The van der Waals surface area contributed by atoms with E-state index >= 15 is 0 Å². The quantitative estimate of drug-likeness (QED) is 0.684. The highest BCUT2D eigenvalue weighted by molar-refractivity contribution is 5.67. The fourth-order valence-corrected chi connectivity index (χ4v) is 1.02. The topological polar surface area (TPSA) is 40.5 Å². The molecule has 0 saturated carbocycles. The third-order valence-corrected chi connectivity index (χ3v) is 1.87. The number of hydrogen-bond donors (Lipinski definition) is 1. The molecule has 0 spiro atoms. The van der Waals surface area contributed by atoms with Gasteiger partial charge in [-0.25, -0.2) is 0 Å². The molecule has 12 heavy (non-hydrogen) atoms. The van der Waals surface area contributed by atoms with Crippen molar-refractivity contribution in [2.45, 2.75) is 26.7 Å². The van der Waals surface area contributed by atoms with Crippen molar-refractivity contribution in [2.75, 3.05) is 20.6 Å². The van der Waals surface area contributed by atoms with Crippen molar-refractivity contribution in [1.82, 2.24) is 4.90 Å². The van der Waals surface area contributed by atoms with Crippen LogP contribution in [0.25, 0.3) is 0 Å². The van der Waals surface area contributed by atoms with Crippen molar-refractivity contribution in [1.29, 1.82) is 0 Å². The average molecular weight is 173 g/mol. The molecule has 3 nitrogen and oxygen atoms in total. The summed E-state index contributed by atoms with van der Waals surface area (Å²) in [4.78, 5) is 12.5. The Morgan fingerprint density at radius 3 is 2.25 bits per heavy atom. The summed E-state index contributed by atoms with van der Waals surface area (Å²) < 4.78 is 0. The Hall–Kier alpha value is -0.570. The Morgan fingerprint density at radius 1 is 1.42 bits per heavy atom. The van der Waals surface area contributed by atoms with Crippen LogP contribution in [-0.2, 0) is 4.79 Å². The molecule has 0 saturated heterocycles. The maximum absolute atomic E-state index is 10.4. The number of rotatable bonds is 5. The van der Waals surface area contributed by atoms with Gasteiger partial charge in [0.05, 0.1) is 6.42 Å². The van der Waals surface area contributed by atoms with Gasteiger partial charge in [-0.2, -0.15) is 0 Å². The van der Waals surface area contributed by atoms with Crippen LogP contribution in [0.1, 0.15) is 26.7 Å². The highest BCUT2D eigenvalue weighted by Crippen LogP contribution is 2.24. The van der Waals surface area contributed by atoms with E-state index in [1.165, 1.54) is 0 Å². The Kier molecular flexibility index (Phi) is 4.24. The minimum atomic E-state index is -0.709. The van der Waals surface area contributed by atoms with Gasteiger partial charge in [-0.05, 0) is 32.5 Å². The van der Waals surface area contributed by atoms with Crippen LogP contribution >= 0.6 is 0 Å². The zero-order valence-electron chi connectivity index (χ0n) is 8.42. The summed E-state index contributed by atoms with van der Waals surface area (Å²) in [7, 11) is 3.99. The molecule has 3 heteroatoms. The minimum Gasteiger partial charge on any atom is -0.481 e. The van der Waals surface area contributed by atoms with Crippen molar-refractivity contribution >= 4 is 5.97 Å². The lowest BCUT2D eigenvalue weighted by atomic mass is 9.85. The van der Waals surface area contributed by atoms with E-state index in [-0.39, 0.29) is 11.8 Å². The van der Waals surface area contributed by atoms with Crippen molar-refractivity contribution < 1.29 is 9.90 Å². The Bertz CT molecular complexity index is 153. The molecule has 0 aliphatic heterocycles. The number of nitrogens with zero attached hydrogens (tertiary/aromatic N) is 1. The largest absolute Gasteiger partial charge is 0.481 e. The first kappa shape index (κ1) is 11.4. The predicted molar refractivity (Wildman–Crippen MR) is 49.2 cm³/mol. The van der Waals surface area contributed by atoms with E-state index in [4.69, 9.17) is 5.11 Å². The second-order valence-electron chi connectivity index (χ2n) is 4.29. The molecular weight excluding hydrogens is 154 g/mol. The van der Waals surface area contributed by atoms with Gasteiger partial charge < -0.3 is 10.0 Å². The van der Waals surface area contributed by atoms with Crippen molar-refractivity contribution in [2.24, 2.45) is 5.41 Å². The van der Waals surface area contributed by atoms with E-state index in [9.17, 15) is 4.79 Å². The van der Waals surface area contributed by atoms with Crippen LogP contribution in [-0.4, -0.2) is 36.6 Å². The molecule has 0 aromatic heterocycles. The summed E-state index contributed by atoms with van der Waals surface area (Å²) >= 11 is 0. The van der Waals surface area contributed by atoms with Crippen molar-refractivity contribution in [3.8, 4) is 0 Å². The molecule has 0 rings (SSSR count). The predicted octanol–water partition coefficient (Wildman–Crippen LogP) is 1.44. The zero-order chi connectivity index (χ0) is 9.78. The highest BCUT2D eigenvalue weighted by atomic mass is 16.4. The molecule has 0 radical (unpaired) electrons. The maximum Gasteiger partial charge on any atom is 0.303 e. The van der Waals surface area contributed by atoms with Crippen molar-refractivity contribution in [3.05, 3.63) is 0 Å². The van der Waals surface area contributed by atoms with E-state index in [1.54, 1.807) is 0 Å². The normalized spacial score (nSPS) is 12.1. The summed E-state index contributed by atoms with van der Waals surface area (Å²) in [6.07, 6.45) is 1.17. The molecule has 0 aromatic rings. The summed E-state index contributed by atoms with van der Waals surface area (Å²) in [6.45, 7) is 4.93. The van der Waals surface area contributed by atoms with E-state index in [0.717, 1.165) is 13.0 Å². The average Bonchev–Trinajstić information content (AvgIpc) is 1.81. The number of hydrogen-bond acceptors (Lipinski definition) is 2. The Morgan fingerprint density at radius 2 is 1.92 bits per heavy atom. The maximum atomic E-state index is 10.4. The van der Waals surface area contributed by atoms with Gasteiger partial charge in [-0.1, -0.05) is 13.8 Å². The highest BCUT2D eigenvalue weighted by Gasteiger charge is 2.21. The van der Waals surface area contributed by atoms with Crippen LogP contribution in [0.5, 0.6) is 0 Å². The Balaban J connectivity index is 3.78. The van der Waals surface area contributed by atoms with Gasteiger partial charge in [0.15, 0.2) is 0 Å². The first-order valence-corrected chi connectivity index (χ1v) is 4.20. The van der Waals surface area contributed by atoms with Gasteiger partial charge in [0.25, 0.3) is 0 Å². The second kappa shape index (κ2) is 4.45. The summed E-state index contributed by atoms with van der Waals surface area (Å²) in [5, 5.41) is 8.60. The number of carbonyl (C=O) groups is 1. The first-order chi connectivity index (χ1) is 5.33. The van der Waals surface area contributed by atoms with Gasteiger partial charge in [0, 0.05) is 0 Å². The molecule has 0 aliphatic rings. The lowest BCUT2D eigenvalue weighted by Crippen LogP contribution is -2.23. The van der Waals surface area contributed by atoms with Crippen LogP contribution in [0, 0.1) is 5.41 Å². The molecule has 0 heterocycles. The molecule has 1 N–H and O–H groups in total. The van der Waals surface area contributed by atoms with Crippen LogP contribution < -0.4 is 0 Å². The van der Waals surface area contributed by atoms with Gasteiger partial charge >= 0.3 is 5.97 Å². The number of carboxylic acid groups (broad SMARTS) is 1.